The van der Waals surface area contributed by atoms with Gasteiger partial charge in [0.1, 0.15) is 0 Å². The minimum Gasteiger partial charge on any atom is -0.357 e. The molecule has 164 valence electrons. The highest BCUT2D eigenvalue weighted by Gasteiger charge is 2.24. The fourth-order valence-electron chi connectivity index (χ4n) is 3.49. The predicted octanol–water partition coefficient (Wildman–Crippen LogP) is 3.49. The SMILES string of the molecule is CCNC(=NCC(c1cccs1)N1CCCC1)NCCNC(=O)c1ccccc1.I. The lowest BCUT2D eigenvalue weighted by molar-refractivity contribution is 0.0954. The molecule has 3 rings (SSSR count). The van der Waals surface area contributed by atoms with Gasteiger partial charge < -0.3 is 16.0 Å². The van der Waals surface area contributed by atoms with Crippen molar-refractivity contribution in [1.82, 2.24) is 20.9 Å². The quantitative estimate of drug-likeness (QED) is 0.197. The van der Waals surface area contributed by atoms with Gasteiger partial charge in [-0.1, -0.05) is 24.3 Å². The fraction of sp³-hybridized carbons (Fsp3) is 0.455. The first kappa shape index (κ1) is 24.6. The minimum absolute atomic E-state index is 0. The topological polar surface area (TPSA) is 68.8 Å². The van der Waals surface area contributed by atoms with E-state index in [2.05, 4.69) is 45.3 Å². The molecule has 30 heavy (non-hydrogen) atoms. The molecule has 0 saturated carbocycles. The van der Waals surface area contributed by atoms with Crippen LogP contribution in [0.3, 0.4) is 0 Å². The fourth-order valence-corrected chi connectivity index (χ4v) is 4.34. The maximum atomic E-state index is 12.1. The van der Waals surface area contributed by atoms with E-state index in [9.17, 15) is 4.79 Å². The van der Waals surface area contributed by atoms with Crippen molar-refractivity contribution in [3.63, 3.8) is 0 Å². The molecule has 0 bridgehead atoms. The Bertz CT molecular complexity index is 763. The second-order valence-electron chi connectivity index (χ2n) is 7.04. The number of aliphatic imine (C=N–C) groups is 1. The standard InChI is InChI=1S/C22H31N5OS.HI/c1-2-23-22(25-13-12-24-21(28)18-9-4-3-5-10-18)26-17-19(20-11-8-16-29-20)27-14-6-7-15-27;/h3-5,8-11,16,19H,2,6-7,12-15,17H2,1H3,(H,24,28)(H2,23,25,26);1H. The number of rotatable bonds is 9. The van der Waals surface area contributed by atoms with Crippen LogP contribution in [0, 0.1) is 0 Å². The van der Waals surface area contributed by atoms with E-state index < -0.39 is 0 Å². The van der Waals surface area contributed by atoms with Gasteiger partial charge in [0, 0.05) is 30.1 Å². The number of thiophene rings is 1. The third-order valence-electron chi connectivity index (χ3n) is 4.96. The van der Waals surface area contributed by atoms with Gasteiger partial charge in [0.05, 0.1) is 12.6 Å². The number of carbonyl (C=O) groups excluding carboxylic acids is 1. The highest BCUT2D eigenvalue weighted by Crippen LogP contribution is 2.28. The smallest absolute Gasteiger partial charge is 0.251 e. The van der Waals surface area contributed by atoms with E-state index in [1.165, 1.54) is 17.7 Å². The van der Waals surface area contributed by atoms with E-state index in [1.54, 1.807) is 11.3 Å². The van der Waals surface area contributed by atoms with Crippen molar-refractivity contribution in [1.29, 1.82) is 0 Å². The van der Waals surface area contributed by atoms with Crippen LogP contribution >= 0.6 is 35.3 Å². The first-order valence-electron chi connectivity index (χ1n) is 10.4. The lowest BCUT2D eigenvalue weighted by Crippen LogP contribution is -2.42. The molecular weight excluding hydrogens is 509 g/mol. The van der Waals surface area contributed by atoms with Crippen molar-refractivity contribution >= 4 is 47.2 Å². The highest BCUT2D eigenvalue weighted by atomic mass is 127. The molecule has 8 heteroatoms. The van der Waals surface area contributed by atoms with E-state index in [4.69, 9.17) is 4.99 Å². The number of amides is 1. The first-order chi connectivity index (χ1) is 14.3. The number of halogens is 1. The van der Waals surface area contributed by atoms with Gasteiger partial charge in [-0.15, -0.1) is 35.3 Å². The Morgan fingerprint density at radius 3 is 2.47 bits per heavy atom. The Hall–Kier alpha value is -1.65. The molecule has 2 heterocycles. The molecule has 1 aliphatic heterocycles. The summed E-state index contributed by atoms with van der Waals surface area (Å²) in [6.07, 6.45) is 2.54. The number of carbonyl (C=O) groups is 1. The molecule has 0 spiro atoms. The molecular formula is C22H32IN5OS. The molecule has 1 aromatic heterocycles. The maximum absolute atomic E-state index is 12.1. The van der Waals surface area contributed by atoms with Gasteiger partial charge in [-0.25, -0.2) is 0 Å². The van der Waals surface area contributed by atoms with Gasteiger partial charge in [-0.3, -0.25) is 14.7 Å². The molecule has 1 fully saturated rings. The maximum Gasteiger partial charge on any atom is 0.251 e. The van der Waals surface area contributed by atoms with Gasteiger partial charge in [0.25, 0.3) is 5.91 Å². The van der Waals surface area contributed by atoms with Crippen LogP contribution in [0.25, 0.3) is 0 Å². The van der Waals surface area contributed by atoms with Crippen molar-refractivity contribution in [2.45, 2.75) is 25.8 Å². The van der Waals surface area contributed by atoms with E-state index in [-0.39, 0.29) is 29.9 Å². The van der Waals surface area contributed by atoms with Crippen LogP contribution in [0.1, 0.15) is 41.0 Å². The van der Waals surface area contributed by atoms with Crippen LogP contribution in [-0.4, -0.2) is 56.0 Å². The summed E-state index contributed by atoms with van der Waals surface area (Å²) >= 11 is 1.81. The normalized spacial score (nSPS) is 15.3. The summed E-state index contributed by atoms with van der Waals surface area (Å²) in [5.74, 6) is 0.739. The molecule has 1 saturated heterocycles. The third kappa shape index (κ3) is 7.55. The lowest BCUT2D eigenvalue weighted by Gasteiger charge is -2.25. The average molecular weight is 542 g/mol. The number of benzene rings is 1. The van der Waals surface area contributed by atoms with Crippen LogP contribution in [0.4, 0.5) is 0 Å². The molecule has 3 N–H and O–H groups in total. The molecule has 1 unspecified atom stereocenters. The summed E-state index contributed by atoms with van der Waals surface area (Å²) < 4.78 is 0. The van der Waals surface area contributed by atoms with Gasteiger partial charge in [-0.05, 0) is 56.4 Å². The number of guanidine groups is 1. The summed E-state index contributed by atoms with van der Waals surface area (Å²) in [4.78, 5) is 20.9. The molecule has 0 radical (unpaired) electrons. The minimum atomic E-state index is -0.0545. The summed E-state index contributed by atoms with van der Waals surface area (Å²) in [6.45, 7) is 7.05. The van der Waals surface area contributed by atoms with Gasteiger partial charge in [-0.2, -0.15) is 0 Å². The molecule has 1 aromatic carbocycles. The van der Waals surface area contributed by atoms with Crippen LogP contribution in [0.15, 0.2) is 52.8 Å². The van der Waals surface area contributed by atoms with Crippen molar-refractivity contribution < 1.29 is 4.79 Å². The Morgan fingerprint density at radius 1 is 1.07 bits per heavy atom. The van der Waals surface area contributed by atoms with Crippen LogP contribution in [0.5, 0.6) is 0 Å². The van der Waals surface area contributed by atoms with E-state index >= 15 is 0 Å². The Labute approximate surface area is 200 Å². The van der Waals surface area contributed by atoms with E-state index in [0.717, 1.165) is 32.1 Å². The number of nitrogens with zero attached hydrogens (tertiary/aromatic N) is 2. The zero-order valence-corrected chi connectivity index (χ0v) is 20.6. The summed E-state index contributed by atoms with van der Waals surface area (Å²) in [6, 6.07) is 13.9. The predicted molar refractivity (Wildman–Crippen MR) is 136 cm³/mol. The Morgan fingerprint density at radius 2 is 1.80 bits per heavy atom. The largest absolute Gasteiger partial charge is 0.357 e. The molecule has 6 nitrogen and oxygen atoms in total. The van der Waals surface area contributed by atoms with Crippen molar-refractivity contribution in [2.75, 3.05) is 39.3 Å². The van der Waals surface area contributed by atoms with Gasteiger partial charge in [0.15, 0.2) is 5.96 Å². The zero-order valence-electron chi connectivity index (χ0n) is 17.5. The molecule has 0 aliphatic carbocycles. The lowest BCUT2D eigenvalue weighted by atomic mass is 10.2. The molecule has 2 aromatic rings. The zero-order chi connectivity index (χ0) is 20.3. The summed E-state index contributed by atoms with van der Waals surface area (Å²) in [5, 5.41) is 11.7. The van der Waals surface area contributed by atoms with Gasteiger partial charge >= 0.3 is 0 Å². The van der Waals surface area contributed by atoms with Crippen LogP contribution < -0.4 is 16.0 Å². The number of likely N-dealkylation sites (tertiary alicyclic amines) is 1. The number of hydrogen-bond acceptors (Lipinski definition) is 4. The first-order valence-corrected chi connectivity index (χ1v) is 11.3. The van der Waals surface area contributed by atoms with Crippen LogP contribution in [-0.2, 0) is 0 Å². The molecule has 1 amide bonds. The Balaban J connectivity index is 0.00000320. The van der Waals surface area contributed by atoms with Gasteiger partial charge in [0.2, 0.25) is 0 Å². The second-order valence-corrected chi connectivity index (χ2v) is 8.02. The van der Waals surface area contributed by atoms with Crippen LogP contribution in [0.2, 0.25) is 0 Å². The monoisotopic (exact) mass is 541 g/mol. The molecule has 1 atom stereocenters. The third-order valence-corrected chi connectivity index (χ3v) is 5.93. The van der Waals surface area contributed by atoms with Crippen molar-refractivity contribution in [3.05, 3.63) is 58.3 Å². The number of nitrogens with one attached hydrogen (secondary N) is 3. The molecule has 1 aliphatic rings. The Kier molecular flexibility index (Phi) is 11.2. The van der Waals surface area contributed by atoms with Crippen molar-refractivity contribution in [2.24, 2.45) is 4.99 Å². The number of hydrogen-bond donors (Lipinski definition) is 3. The van der Waals surface area contributed by atoms with E-state index in [1.807, 2.05) is 30.3 Å². The average Bonchev–Trinajstić information content (AvgIpc) is 3.46. The van der Waals surface area contributed by atoms with E-state index in [0.29, 0.717) is 24.7 Å². The van der Waals surface area contributed by atoms with Crippen molar-refractivity contribution in [3.8, 4) is 0 Å². The summed E-state index contributed by atoms with van der Waals surface area (Å²) in [7, 11) is 0. The summed E-state index contributed by atoms with van der Waals surface area (Å²) in [5.41, 5.74) is 0.678. The second kappa shape index (κ2) is 13.6. The highest BCUT2D eigenvalue weighted by molar-refractivity contribution is 14.0.